The van der Waals surface area contributed by atoms with E-state index in [0.29, 0.717) is 12.8 Å². The van der Waals surface area contributed by atoms with Crippen LogP contribution in [0.5, 0.6) is 0 Å². The summed E-state index contributed by atoms with van der Waals surface area (Å²) in [5, 5.41) is 10.7. The Bertz CT molecular complexity index is 734. The van der Waals surface area contributed by atoms with Crippen LogP contribution in [0.1, 0.15) is 33.6 Å². The van der Waals surface area contributed by atoms with Crippen LogP contribution in [-0.2, 0) is 23.9 Å². The smallest absolute Gasteiger partial charge is 0.346 e. The predicted octanol–water partition coefficient (Wildman–Crippen LogP) is 1.32. The van der Waals surface area contributed by atoms with Gasteiger partial charge in [-0.2, -0.15) is 0 Å². The largest absolute Gasteiger partial charge is 0.486 e. The number of aliphatic hydroxyl groups excluding tert-OH is 1. The molecule has 0 radical (unpaired) electrons. The topological polar surface area (TPSA) is 89.9 Å². The molecule has 0 aromatic heterocycles. The van der Waals surface area contributed by atoms with Gasteiger partial charge in [-0.15, -0.1) is 0 Å². The maximum atomic E-state index is 12.9. The second-order valence-corrected chi connectivity index (χ2v) is 7.93. The van der Waals surface area contributed by atoms with Crippen molar-refractivity contribution in [2.45, 2.75) is 51.4 Å². The van der Waals surface area contributed by atoms with Gasteiger partial charge in [-0.05, 0) is 18.4 Å². The maximum absolute atomic E-state index is 12.9. The second kappa shape index (κ2) is 5.27. The summed E-state index contributed by atoms with van der Waals surface area (Å²) in [6, 6.07) is 0. The normalized spacial score (nSPS) is 47.3. The fraction of sp³-hybridized carbons (Fsp3) is 0.632. The molecule has 0 aromatic rings. The summed E-state index contributed by atoms with van der Waals surface area (Å²) in [5.41, 5.74) is -1.21. The number of hydrogen-bond acceptors (Lipinski definition) is 6. The average molecular weight is 346 g/mol. The molecule has 1 saturated carbocycles. The second-order valence-electron chi connectivity index (χ2n) is 7.93. The van der Waals surface area contributed by atoms with E-state index in [4.69, 9.17) is 9.47 Å². The Morgan fingerprint density at radius 1 is 1.16 bits per heavy atom. The zero-order valence-corrected chi connectivity index (χ0v) is 14.5. The van der Waals surface area contributed by atoms with Crippen molar-refractivity contribution >= 4 is 17.5 Å². The number of ketones is 2. The zero-order valence-electron chi connectivity index (χ0n) is 14.5. The Hall–Kier alpha value is -1.95. The molecule has 3 aliphatic heterocycles. The highest BCUT2D eigenvalue weighted by atomic mass is 16.6. The predicted molar refractivity (Wildman–Crippen MR) is 86.1 cm³/mol. The minimum Gasteiger partial charge on any atom is -0.486 e. The third kappa shape index (κ3) is 2.09. The van der Waals surface area contributed by atoms with E-state index >= 15 is 0 Å². The highest BCUT2D eigenvalue weighted by molar-refractivity contribution is 6.20. The first-order valence-corrected chi connectivity index (χ1v) is 8.85. The monoisotopic (exact) mass is 346 g/mol. The number of fused-ring (bicyclic) bond motifs is 1. The molecule has 3 fully saturated rings. The van der Waals surface area contributed by atoms with Gasteiger partial charge in [0.1, 0.15) is 17.8 Å². The number of carbonyl (C=O) groups excluding carboxylic acids is 3. The highest BCUT2D eigenvalue weighted by Gasteiger charge is 2.67. The number of ether oxygens (including phenoxy) is 2. The molecule has 2 saturated heterocycles. The van der Waals surface area contributed by atoms with Gasteiger partial charge >= 0.3 is 5.97 Å². The molecule has 7 atom stereocenters. The Morgan fingerprint density at radius 2 is 1.88 bits per heavy atom. The van der Waals surface area contributed by atoms with Crippen molar-refractivity contribution in [3.63, 3.8) is 0 Å². The number of aliphatic hydroxyl groups is 1. The van der Waals surface area contributed by atoms with Crippen molar-refractivity contribution in [3.05, 3.63) is 23.5 Å². The Morgan fingerprint density at radius 3 is 2.60 bits per heavy atom. The molecule has 5 bridgehead atoms. The lowest BCUT2D eigenvalue weighted by Crippen LogP contribution is -2.63. The maximum Gasteiger partial charge on any atom is 0.346 e. The molecule has 7 unspecified atom stereocenters. The van der Waals surface area contributed by atoms with Crippen molar-refractivity contribution in [2.75, 3.05) is 0 Å². The van der Waals surface area contributed by atoms with Gasteiger partial charge in [0.15, 0.2) is 22.9 Å². The average Bonchev–Trinajstić information content (AvgIpc) is 2.83. The van der Waals surface area contributed by atoms with E-state index in [2.05, 4.69) is 0 Å². The van der Waals surface area contributed by atoms with Gasteiger partial charge in [0.25, 0.3) is 0 Å². The molecule has 1 spiro atoms. The lowest BCUT2D eigenvalue weighted by atomic mass is 9.64. The Kier molecular flexibility index (Phi) is 3.48. The third-order valence-electron chi connectivity index (χ3n) is 6.13. The summed E-state index contributed by atoms with van der Waals surface area (Å²) >= 11 is 0. The van der Waals surface area contributed by atoms with E-state index in [1.807, 2.05) is 6.92 Å². The van der Waals surface area contributed by atoms with Crippen LogP contribution in [0.2, 0.25) is 0 Å². The molecule has 5 aliphatic rings. The van der Waals surface area contributed by atoms with Crippen LogP contribution in [0, 0.1) is 23.7 Å². The van der Waals surface area contributed by atoms with Crippen molar-refractivity contribution < 1.29 is 29.0 Å². The molecule has 25 heavy (non-hydrogen) atoms. The van der Waals surface area contributed by atoms with E-state index < -0.39 is 35.6 Å². The van der Waals surface area contributed by atoms with Gasteiger partial charge in [0.05, 0.1) is 5.92 Å². The quantitative estimate of drug-likeness (QED) is 0.526. The Labute approximate surface area is 145 Å². The van der Waals surface area contributed by atoms with Crippen LogP contribution in [0.25, 0.3) is 0 Å². The minimum atomic E-state index is -1.18. The minimum absolute atomic E-state index is 0.0252. The van der Waals surface area contributed by atoms with Crippen molar-refractivity contribution in [1.82, 2.24) is 0 Å². The molecule has 3 heterocycles. The van der Waals surface area contributed by atoms with Gasteiger partial charge in [-0.3, -0.25) is 9.59 Å². The van der Waals surface area contributed by atoms with E-state index in [0.717, 1.165) is 0 Å². The van der Waals surface area contributed by atoms with E-state index in [1.165, 1.54) is 6.08 Å². The van der Waals surface area contributed by atoms with Crippen LogP contribution in [0.3, 0.4) is 0 Å². The zero-order chi connectivity index (χ0) is 18.1. The number of rotatable bonds is 0. The van der Waals surface area contributed by atoms with Crippen LogP contribution in [0.15, 0.2) is 23.5 Å². The number of carbonyl (C=O) groups is 3. The number of hydrogen-bond donors (Lipinski definition) is 1. The molecule has 6 nitrogen and oxygen atoms in total. The highest BCUT2D eigenvalue weighted by Crippen LogP contribution is 2.56. The van der Waals surface area contributed by atoms with Crippen LogP contribution in [0.4, 0.5) is 0 Å². The first-order chi connectivity index (χ1) is 11.8. The molecular weight excluding hydrogens is 324 g/mol. The number of esters is 1. The summed E-state index contributed by atoms with van der Waals surface area (Å²) in [7, 11) is 0. The van der Waals surface area contributed by atoms with Crippen molar-refractivity contribution in [2.24, 2.45) is 23.7 Å². The molecule has 1 N–H and O–H groups in total. The third-order valence-corrected chi connectivity index (χ3v) is 6.13. The number of allylic oxidation sites excluding steroid dienone is 1. The molecule has 134 valence electrons. The SMILES string of the molecule is CC1CC(C)C(=O)C2=C3OC4C(C)CC3(OC2=O)C(/C=C\C1=O)C4O. The molecule has 5 rings (SSSR count). The molecule has 2 aliphatic carbocycles. The van der Waals surface area contributed by atoms with E-state index in [-0.39, 0.29) is 34.7 Å². The molecular formula is C19H22O6. The fourth-order valence-electron chi connectivity index (χ4n) is 4.79. The van der Waals surface area contributed by atoms with Crippen LogP contribution >= 0.6 is 0 Å². The van der Waals surface area contributed by atoms with E-state index in [9.17, 15) is 19.5 Å². The standard InChI is InChI=1S/C19H22O6/c1-8-6-9(2)14(21)13-17-19(25-18(13)23)7-10(3)16(24-17)15(22)11(19)4-5-12(8)20/h4-5,8-11,15-16,22H,6-7H2,1-3H3/b5-4-. The lowest BCUT2D eigenvalue weighted by molar-refractivity contribution is -0.220. The summed E-state index contributed by atoms with van der Waals surface area (Å²) in [5.74, 6) is -2.27. The van der Waals surface area contributed by atoms with Crippen LogP contribution in [-0.4, -0.2) is 40.5 Å². The summed E-state index contributed by atoms with van der Waals surface area (Å²) in [4.78, 5) is 37.8. The molecule has 0 aromatic carbocycles. The van der Waals surface area contributed by atoms with Gasteiger partial charge in [0, 0.05) is 18.3 Å². The first-order valence-electron chi connectivity index (χ1n) is 8.85. The van der Waals surface area contributed by atoms with Gasteiger partial charge < -0.3 is 14.6 Å². The molecule has 0 amide bonds. The van der Waals surface area contributed by atoms with Gasteiger partial charge in [-0.1, -0.05) is 26.8 Å². The van der Waals surface area contributed by atoms with Crippen LogP contribution < -0.4 is 0 Å². The van der Waals surface area contributed by atoms with Crippen molar-refractivity contribution in [1.29, 1.82) is 0 Å². The fourth-order valence-corrected chi connectivity index (χ4v) is 4.79. The number of Topliss-reactive ketones (excluding diaryl/α,β-unsaturated/α-hetero) is 1. The van der Waals surface area contributed by atoms with Gasteiger partial charge in [-0.25, -0.2) is 4.79 Å². The summed E-state index contributed by atoms with van der Waals surface area (Å²) < 4.78 is 11.6. The first kappa shape index (κ1) is 16.5. The van der Waals surface area contributed by atoms with Crippen molar-refractivity contribution in [3.8, 4) is 0 Å². The lowest BCUT2D eigenvalue weighted by Gasteiger charge is -2.54. The summed E-state index contributed by atoms with van der Waals surface area (Å²) in [6.45, 7) is 5.41. The van der Waals surface area contributed by atoms with E-state index in [1.54, 1.807) is 19.9 Å². The molecule has 6 heteroatoms. The summed E-state index contributed by atoms with van der Waals surface area (Å²) in [6.07, 6.45) is 2.51. The Balaban J connectivity index is 1.93. The van der Waals surface area contributed by atoms with Gasteiger partial charge in [0.2, 0.25) is 0 Å².